The quantitative estimate of drug-likeness (QED) is 0.514. The van der Waals surface area contributed by atoms with Gasteiger partial charge in [0.2, 0.25) is 0 Å². The lowest BCUT2D eigenvalue weighted by Crippen LogP contribution is -2.28. The first-order valence-corrected chi connectivity index (χ1v) is 6.44. The summed E-state index contributed by atoms with van der Waals surface area (Å²) in [6, 6.07) is 5.39. The third kappa shape index (κ3) is 4.19. The number of nitro groups is 1. The van der Waals surface area contributed by atoms with Crippen LogP contribution in [0.2, 0.25) is 0 Å². The van der Waals surface area contributed by atoms with Gasteiger partial charge in [-0.2, -0.15) is 0 Å². The maximum atomic E-state index is 11.4. The van der Waals surface area contributed by atoms with E-state index >= 15 is 0 Å². The smallest absolute Gasteiger partial charge is 0.437 e. The van der Waals surface area contributed by atoms with Gasteiger partial charge < -0.3 is 14.8 Å². The molecule has 0 radical (unpaired) electrons. The summed E-state index contributed by atoms with van der Waals surface area (Å²) in [6.07, 6.45) is -0.874. The number of methoxy groups -OCH3 is 1. The summed E-state index contributed by atoms with van der Waals surface area (Å²) >= 11 is 0. The molecule has 1 aromatic carbocycles. The summed E-state index contributed by atoms with van der Waals surface area (Å²) in [4.78, 5) is 26.2. The van der Waals surface area contributed by atoms with Gasteiger partial charge in [-0.1, -0.05) is 12.1 Å². The van der Waals surface area contributed by atoms with Crippen molar-refractivity contribution in [3.63, 3.8) is 0 Å². The maximum absolute atomic E-state index is 11.4. The molecule has 0 saturated carbocycles. The van der Waals surface area contributed by atoms with Crippen molar-refractivity contribution in [3.05, 3.63) is 51.4 Å². The van der Waals surface area contributed by atoms with E-state index in [-0.39, 0.29) is 23.9 Å². The molecule has 0 aliphatic carbocycles. The van der Waals surface area contributed by atoms with Crippen molar-refractivity contribution >= 4 is 30.1 Å². The SMILES string of the molecule is COC(=O)OC1=C(C)NC(C)=NC1c1cccc([N+](=O)[O-])c1.Cl. The molecule has 1 heterocycles. The average molecular weight is 342 g/mol. The van der Waals surface area contributed by atoms with Gasteiger partial charge in [0.05, 0.1) is 23.6 Å². The first-order chi connectivity index (χ1) is 10.4. The Labute approximate surface area is 138 Å². The molecule has 0 fully saturated rings. The van der Waals surface area contributed by atoms with Gasteiger partial charge in [-0.15, -0.1) is 12.4 Å². The van der Waals surface area contributed by atoms with Gasteiger partial charge in [-0.05, 0) is 19.4 Å². The van der Waals surface area contributed by atoms with Crippen LogP contribution in [-0.4, -0.2) is 24.0 Å². The monoisotopic (exact) mass is 341 g/mol. The van der Waals surface area contributed by atoms with Crippen LogP contribution in [0.25, 0.3) is 0 Å². The Hall–Kier alpha value is -2.61. The fourth-order valence-electron chi connectivity index (χ4n) is 2.12. The zero-order chi connectivity index (χ0) is 16.3. The molecule has 1 aliphatic rings. The van der Waals surface area contributed by atoms with Crippen LogP contribution in [0.3, 0.4) is 0 Å². The third-order valence-electron chi connectivity index (χ3n) is 3.07. The minimum absolute atomic E-state index is 0. The highest BCUT2D eigenvalue weighted by molar-refractivity contribution is 5.85. The van der Waals surface area contributed by atoms with Gasteiger partial charge in [0, 0.05) is 12.1 Å². The molecule has 1 atom stereocenters. The average Bonchev–Trinajstić information content (AvgIpc) is 2.49. The molecule has 1 N–H and O–H groups in total. The fourth-order valence-corrected chi connectivity index (χ4v) is 2.12. The van der Waals surface area contributed by atoms with Gasteiger partial charge in [-0.3, -0.25) is 15.1 Å². The van der Waals surface area contributed by atoms with Crippen molar-refractivity contribution in [3.8, 4) is 0 Å². The number of carbonyl (C=O) groups excluding carboxylic acids is 1. The van der Waals surface area contributed by atoms with Crippen LogP contribution in [0.5, 0.6) is 0 Å². The number of rotatable bonds is 3. The van der Waals surface area contributed by atoms with Gasteiger partial charge in [-0.25, -0.2) is 4.79 Å². The van der Waals surface area contributed by atoms with E-state index in [4.69, 9.17) is 4.74 Å². The number of nitrogens with one attached hydrogen (secondary N) is 1. The molecule has 1 unspecified atom stereocenters. The first-order valence-electron chi connectivity index (χ1n) is 6.44. The van der Waals surface area contributed by atoms with Crippen LogP contribution in [-0.2, 0) is 9.47 Å². The van der Waals surface area contributed by atoms with Gasteiger partial charge >= 0.3 is 6.16 Å². The number of non-ortho nitro benzene ring substituents is 1. The van der Waals surface area contributed by atoms with Crippen molar-refractivity contribution in [2.24, 2.45) is 4.99 Å². The summed E-state index contributed by atoms with van der Waals surface area (Å²) in [5.41, 5.74) is 1.08. The number of hydrogen-bond acceptors (Lipinski definition) is 7. The molecule has 0 bridgehead atoms. The summed E-state index contributed by atoms with van der Waals surface area (Å²) in [6.45, 7) is 3.48. The molecule has 0 saturated heterocycles. The van der Waals surface area contributed by atoms with E-state index in [2.05, 4.69) is 15.0 Å². The first kappa shape index (κ1) is 18.4. The zero-order valence-electron chi connectivity index (χ0n) is 12.7. The van der Waals surface area contributed by atoms with Gasteiger partial charge in [0.15, 0.2) is 5.76 Å². The van der Waals surface area contributed by atoms with E-state index in [0.29, 0.717) is 17.1 Å². The summed E-state index contributed by atoms with van der Waals surface area (Å²) in [5, 5.41) is 13.9. The number of benzene rings is 1. The molecule has 2 rings (SSSR count). The predicted octanol–water partition coefficient (Wildman–Crippen LogP) is 3.09. The molecular weight excluding hydrogens is 326 g/mol. The lowest BCUT2D eigenvalue weighted by atomic mass is 10.0. The van der Waals surface area contributed by atoms with Crippen LogP contribution >= 0.6 is 12.4 Å². The molecule has 1 aromatic rings. The number of amidine groups is 1. The van der Waals surface area contributed by atoms with Crippen LogP contribution in [0, 0.1) is 10.1 Å². The number of ether oxygens (including phenoxy) is 2. The van der Waals surface area contributed by atoms with Crippen LogP contribution in [0.1, 0.15) is 25.5 Å². The Morgan fingerprint density at radius 2 is 2.09 bits per heavy atom. The molecule has 1 aliphatic heterocycles. The molecule has 23 heavy (non-hydrogen) atoms. The number of carbonyl (C=O) groups is 1. The summed E-state index contributed by atoms with van der Waals surface area (Å²) in [7, 11) is 1.20. The Kier molecular flexibility index (Phi) is 6.09. The highest BCUT2D eigenvalue weighted by Crippen LogP contribution is 2.33. The van der Waals surface area contributed by atoms with Crippen LogP contribution in [0.15, 0.2) is 40.7 Å². The van der Waals surface area contributed by atoms with Crippen molar-refractivity contribution < 1.29 is 19.2 Å². The maximum Gasteiger partial charge on any atom is 0.513 e. The second-order valence-corrected chi connectivity index (χ2v) is 4.64. The van der Waals surface area contributed by atoms with E-state index < -0.39 is 17.1 Å². The molecule has 8 nitrogen and oxygen atoms in total. The lowest BCUT2D eigenvalue weighted by molar-refractivity contribution is -0.384. The number of hydrogen-bond donors (Lipinski definition) is 1. The second-order valence-electron chi connectivity index (χ2n) is 4.64. The number of halogens is 1. The number of aliphatic imine (C=N–C) groups is 1. The minimum Gasteiger partial charge on any atom is -0.437 e. The number of allylic oxidation sites excluding steroid dienone is 1. The zero-order valence-corrected chi connectivity index (χ0v) is 13.5. The normalized spacial score (nSPS) is 16.7. The van der Waals surface area contributed by atoms with Crippen molar-refractivity contribution in [1.82, 2.24) is 5.32 Å². The van der Waals surface area contributed by atoms with Crippen LogP contribution in [0.4, 0.5) is 10.5 Å². The van der Waals surface area contributed by atoms with E-state index in [9.17, 15) is 14.9 Å². The van der Waals surface area contributed by atoms with E-state index in [0.717, 1.165) is 0 Å². The second kappa shape index (κ2) is 7.59. The minimum atomic E-state index is -0.874. The van der Waals surface area contributed by atoms with Gasteiger partial charge in [0.25, 0.3) is 5.69 Å². The van der Waals surface area contributed by atoms with Crippen molar-refractivity contribution in [1.29, 1.82) is 0 Å². The highest BCUT2D eigenvalue weighted by Gasteiger charge is 2.28. The molecule has 0 spiro atoms. The van der Waals surface area contributed by atoms with Crippen molar-refractivity contribution in [2.45, 2.75) is 19.9 Å². The van der Waals surface area contributed by atoms with Crippen LogP contribution < -0.4 is 5.32 Å². The largest absolute Gasteiger partial charge is 0.513 e. The summed E-state index contributed by atoms with van der Waals surface area (Å²) < 4.78 is 9.64. The predicted molar refractivity (Wildman–Crippen MR) is 85.5 cm³/mol. The molecule has 0 aromatic heterocycles. The molecular formula is C14H16ClN3O5. The number of nitrogens with zero attached hydrogens (tertiary/aromatic N) is 2. The highest BCUT2D eigenvalue weighted by atomic mass is 35.5. The van der Waals surface area contributed by atoms with E-state index in [1.54, 1.807) is 26.0 Å². The Morgan fingerprint density at radius 3 is 2.70 bits per heavy atom. The Balaban J connectivity index is 0.00000264. The summed E-state index contributed by atoms with van der Waals surface area (Å²) in [5.74, 6) is 0.865. The number of nitro benzene ring substituents is 1. The standard InChI is InChI=1S/C14H15N3O5.ClH/c1-8-13(22-14(18)21-3)12(16-9(2)15-8)10-5-4-6-11(7-10)17(19)20;/h4-7,12H,1-3H3,(H,15,16);1H. The fraction of sp³-hybridized carbons (Fsp3) is 0.286. The van der Waals surface area contributed by atoms with E-state index in [1.165, 1.54) is 19.2 Å². The Morgan fingerprint density at radius 1 is 1.39 bits per heavy atom. The van der Waals surface area contributed by atoms with Gasteiger partial charge in [0.1, 0.15) is 6.04 Å². The topological polar surface area (TPSA) is 103 Å². The van der Waals surface area contributed by atoms with Crippen molar-refractivity contribution in [2.75, 3.05) is 7.11 Å². The lowest BCUT2D eigenvalue weighted by Gasteiger charge is -2.24. The third-order valence-corrected chi connectivity index (χ3v) is 3.07. The molecule has 9 heteroatoms. The molecule has 0 amide bonds. The molecule has 124 valence electrons. The Bertz CT molecular complexity index is 687. The van der Waals surface area contributed by atoms with E-state index in [1.807, 2.05) is 0 Å².